The Hall–Kier alpha value is -2.05. The largest absolute Gasteiger partial charge is 0.481 e. The van der Waals surface area contributed by atoms with E-state index in [0.29, 0.717) is 18.4 Å². The molecule has 0 aromatic heterocycles. The summed E-state index contributed by atoms with van der Waals surface area (Å²) in [5.41, 5.74) is -1.39. The second-order valence-corrected chi connectivity index (χ2v) is 6.09. The fourth-order valence-corrected chi connectivity index (χ4v) is 2.68. The van der Waals surface area contributed by atoms with Gasteiger partial charge in [-0.1, -0.05) is 25.1 Å². The molecule has 1 aromatic rings. The quantitative estimate of drug-likeness (QED) is 0.904. The Morgan fingerprint density at radius 3 is 2.43 bits per heavy atom. The average Bonchev–Trinajstić information content (AvgIpc) is 3.27. The smallest absolute Gasteiger partial charge is 0.416 e. The number of amides is 1. The number of hydrogen-bond donors (Lipinski definition) is 1. The van der Waals surface area contributed by atoms with E-state index in [1.54, 1.807) is 0 Å². The van der Waals surface area contributed by atoms with Gasteiger partial charge in [0.1, 0.15) is 0 Å². The van der Waals surface area contributed by atoms with E-state index in [2.05, 4.69) is 0 Å². The lowest BCUT2D eigenvalue weighted by atomic mass is 9.92. The topological polar surface area (TPSA) is 57.6 Å². The monoisotopic (exact) mass is 329 g/mol. The van der Waals surface area contributed by atoms with Gasteiger partial charge in [-0.15, -0.1) is 0 Å². The van der Waals surface area contributed by atoms with Crippen molar-refractivity contribution < 1.29 is 27.9 Å². The predicted octanol–water partition coefficient (Wildman–Crippen LogP) is 2.92. The molecule has 4 nitrogen and oxygen atoms in total. The first kappa shape index (κ1) is 17.3. The van der Waals surface area contributed by atoms with Crippen molar-refractivity contribution in [2.75, 3.05) is 13.6 Å². The van der Waals surface area contributed by atoms with Gasteiger partial charge in [0.2, 0.25) is 5.91 Å². The van der Waals surface area contributed by atoms with Crippen molar-refractivity contribution in [3.8, 4) is 0 Å². The number of carbonyl (C=O) groups is 2. The highest BCUT2D eigenvalue weighted by Crippen LogP contribution is 2.50. The summed E-state index contributed by atoms with van der Waals surface area (Å²) in [4.78, 5) is 24.8. The average molecular weight is 329 g/mol. The molecule has 0 heterocycles. The molecular formula is C16H18F3NO3. The normalized spacial score (nSPS) is 17.4. The number of aliphatic carboxylic acids is 1. The first-order valence-electron chi connectivity index (χ1n) is 7.24. The van der Waals surface area contributed by atoms with E-state index in [0.717, 1.165) is 12.1 Å². The maximum atomic E-state index is 12.8. The van der Waals surface area contributed by atoms with Crippen molar-refractivity contribution in [3.05, 3.63) is 35.4 Å². The van der Waals surface area contributed by atoms with Crippen molar-refractivity contribution >= 4 is 11.9 Å². The van der Waals surface area contributed by atoms with Crippen LogP contribution in [0.2, 0.25) is 0 Å². The Morgan fingerprint density at radius 2 is 1.96 bits per heavy atom. The van der Waals surface area contributed by atoms with Gasteiger partial charge >= 0.3 is 12.1 Å². The molecule has 1 aliphatic carbocycles. The summed E-state index contributed by atoms with van der Waals surface area (Å²) in [7, 11) is 1.48. The zero-order valence-corrected chi connectivity index (χ0v) is 12.9. The van der Waals surface area contributed by atoms with Crippen molar-refractivity contribution in [1.82, 2.24) is 4.90 Å². The molecule has 0 bridgehead atoms. The first-order chi connectivity index (χ1) is 10.6. The zero-order valence-electron chi connectivity index (χ0n) is 12.9. The molecule has 0 aliphatic heterocycles. The molecule has 0 spiro atoms. The van der Waals surface area contributed by atoms with Gasteiger partial charge in [-0.05, 0) is 24.5 Å². The Kier molecular flexibility index (Phi) is 4.41. The molecule has 7 heteroatoms. The van der Waals surface area contributed by atoms with Crippen LogP contribution in [0.4, 0.5) is 13.2 Å². The minimum Gasteiger partial charge on any atom is -0.481 e. The highest BCUT2D eigenvalue weighted by atomic mass is 19.4. The van der Waals surface area contributed by atoms with Crippen LogP contribution in [0.15, 0.2) is 24.3 Å². The second kappa shape index (κ2) is 5.86. The molecule has 1 amide bonds. The zero-order chi connectivity index (χ0) is 17.4. The number of carboxylic acids is 1. The molecule has 1 atom stereocenters. The van der Waals surface area contributed by atoms with E-state index in [9.17, 15) is 22.8 Å². The summed E-state index contributed by atoms with van der Waals surface area (Å²) < 4.78 is 38.5. The molecule has 1 saturated carbocycles. The Balaban J connectivity index is 2.22. The van der Waals surface area contributed by atoms with Crippen LogP contribution in [-0.2, 0) is 21.2 Å². The van der Waals surface area contributed by atoms with Crippen molar-refractivity contribution in [2.24, 2.45) is 5.92 Å². The van der Waals surface area contributed by atoms with E-state index < -0.39 is 29.0 Å². The number of benzene rings is 1. The molecule has 1 aliphatic rings. The van der Waals surface area contributed by atoms with Crippen LogP contribution in [0.3, 0.4) is 0 Å². The summed E-state index contributed by atoms with van der Waals surface area (Å²) >= 11 is 0. The third-order valence-electron chi connectivity index (χ3n) is 4.22. The SMILES string of the molecule is CC(CN(C)C(=O)C1(c2cccc(C(F)(F)F)c2)CC1)C(=O)O. The molecule has 1 unspecified atom stereocenters. The van der Waals surface area contributed by atoms with Gasteiger partial charge in [0, 0.05) is 13.6 Å². The summed E-state index contributed by atoms with van der Waals surface area (Å²) in [6.45, 7) is 1.50. The fraction of sp³-hybridized carbons (Fsp3) is 0.500. The highest BCUT2D eigenvalue weighted by Gasteiger charge is 2.53. The van der Waals surface area contributed by atoms with Crippen LogP contribution in [0.1, 0.15) is 30.9 Å². The van der Waals surface area contributed by atoms with Crippen LogP contribution in [-0.4, -0.2) is 35.5 Å². The Labute approximate surface area is 131 Å². The number of hydrogen-bond acceptors (Lipinski definition) is 2. The molecular weight excluding hydrogens is 311 g/mol. The lowest BCUT2D eigenvalue weighted by Crippen LogP contribution is -2.40. The molecule has 1 fully saturated rings. The van der Waals surface area contributed by atoms with E-state index >= 15 is 0 Å². The standard InChI is InChI=1S/C16H18F3NO3/c1-10(13(21)22)9-20(2)14(23)15(6-7-15)11-4-3-5-12(8-11)16(17,18)19/h3-5,8,10H,6-7,9H2,1-2H3,(H,21,22). The number of rotatable bonds is 5. The Bertz CT molecular complexity index is 623. The summed E-state index contributed by atoms with van der Waals surface area (Å²) in [5.74, 6) is -2.08. The van der Waals surface area contributed by atoms with Crippen LogP contribution < -0.4 is 0 Å². The number of carbonyl (C=O) groups excluding carboxylic acids is 1. The van der Waals surface area contributed by atoms with Gasteiger partial charge in [0.25, 0.3) is 0 Å². The summed E-state index contributed by atoms with van der Waals surface area (Å²) in [5, 5.41) is 8.91. The number of carboxylic acid groups (broad SMARTS) is 1. The Morgan fingerprint density at radius 1 is 1.35 bits per heavy atom. The van der Waals surface area contributed by atoms with Crippen molar-refractivity contribution in [3.63, 3.8) is 0 Å². The van der Waals surface area contributed by atoms with Crippen LogP contribution in [0.5, 0.6) is 0 Å². The molecule has 1 N–H and O–H groups in total. The highest BCUT2D eigenvalue weighted by molar-refractivity contribution is 5.91. The summed E-state index contributed by atoms with van der Waals surface area (Å²) in [6, 6.07) is 4.81. The van der Waals surface area contributed by atoms with Gasteiger partial charge in [0.15, 0.2) is 0 Å². The van der Waals surface area contributed by atoms with Gasteiger partial charge < -0.3 is 10.0 Å². The maximum absolute atomic E-state index is 12.8. The summed E-state index contributed by atoms with van der Waals surface area (Å²) in [6.07, 6.45) is -3.52. The van der Waals surface area contributed by atoms with Gasteiger partial charge in [-0.3, -0.25) is 9.59 Å². The van der Waals surface area contributed by atoms with E-state index in [4.69, 9.17) is 5.11 Å². The van der Waals surface area contributed by atoms with Gasteiger partial charge in [0.05, 0.1) is 16.9 Å². The molecule has 2 rings (SSSR count). The number of nitrogens with zero attached hydrogens (tertiary/aromatic N) is 1. The molecule has 0 radical (unpaired) electrons. The molecule has 23 heavy (non-hydrogen) atoms. The first-order valence-corrected chi connectivity index (χ1v) is 7.24. The second-order valence-electron chi connectivity index (χ2n) is 6.09. The minimum atomic E-state index is -4.46. The lowest BCUT2D eigenvalue weighted by Gasteiger charge is -2.25. The van der Waals surface area contributed by atoms with Gasteiger partial charge in [-0.2, -0.15) is 13.2 Å². The fourth-order valence-electron chi connectivity index (χ4n) is 2.68. The van der Waals surface area contributed by atoms with Crippen molar-refractivity contribution in [1.29, 1.82) is 0 Å². The molecule has 1 aromatic carbocycles. The van der Waals surface area contributed by atoms with Crippen LogP contribution in [0, 0.1) is 5.92 Å². The van der Waals surface area contributed by atoms with Crippen LogP contribution in [0.25, 0.3) is 0 Å². The van der Waals surface area contributed by atoms with Crippen molar-refractivity contribution in [2.45, 2.75) is 31.4 Å². The van der Waals surface area contributed by atoms with E-state index in [1.807, 2.05) is 0 Å². The maximum Gasteiger partial charge on any atom is 0.416 e. The molecule has 126 valence electrons. The number of alkyl halides is 3. The number of likely N-dealkylation sites (N-methyl/N-ethyl adjacent to an activating group) is 1. The predicted molar refractivity (Wildman–Crippen MR) is 76.8 cm³/mol. The number of halogens is 3. The van der Waals surface area contributed by atoms with Crippen LogP contribution >= 0.6 is 0 Å². The van der Waals surface area contributed by atoms with E-state index in [-0.39, 0.29) is 12.5 Å². The molecule has 0 saturated heterocycles. The van der Waals surface area contributed by atoms with Gasteiger partial charge in [-0.25, -0.2) is 0 Å². The minimum absolute atomic E-state index is 0.0227. The third-order valence-corrected chi connectivity index (χ3v) is 4.22. The van der Waals surface area contributed by atoms with E-state index in [1.165, 1.54) is 31.0 Å². The lowest BCUT2D eigenvalue weighted by molar-refractivity contribution is -0.143. The third kappa shape index (κ3) is 3.48.